The summed E-state index contributed by atoms with van der Waals surface area (Å²) in [5, 5.41) is 50.5. The molecular weight excluding hydrogens is 508 g/mol. The molecule has 0 aliphatic heterocycles. The quantitative estimate of drug-likeness (QED) is 0.121. The van der Waals surface area contributed by atoms with Crippen LogP contribution in [-0.2, 0) is 0 Å². The van der Waals surface area contributed by atoms with E-state index in [4.69, 9.17) is 0 Å². The Balaban J connectivity index is 1.74. The lowest BCUT2D eigenvalue weighted by Gasteiger charge is -2.13. The number of nitro benzene ring substituents is 3. The Hall–Kier alpha value is -5.85. The lowest BCUT2D eigenvalue weighted by molar-refractivity contribution is -0.393. The molecule has 0 spiro atoms. The van der Waals surface area contributed by atoms with Gasteiger partial charge in [0, 0.05) is 29.6 Å². The van der Waals surface area contributed by atoms with Crippen molar-refractivity contribution in [3.8, 4) is 5.75 Å². The van der Waals surface area contributed by atoms with Gasteiger partial charge in [-0.3, -0.25) is 35.3 Å². The fourth-order valence-electron chi connectivity index (χ4n) is 3.61. The molecule has 4 aromatic carbocycles. The van der Waals surface area contributed by atoms with Gasteiger partial charge in [-0.05, 0) is 43.3 Å². The Morgan fingerprint density at radius 3 is 2.03 bits per heavy atom. The largest absolute Gasteiger partial charge is 0.507 e. The van der Waals surface area contributed by atoms with Gasteiger partial charge in [-0.15, -0.1) is 0 Å². The van der Waals surface area contributed by atoms with Crippen LogP contribution in [0.4, 0.5) is 45.5 Å². The number of nitrogens with zero attached hydrogens (tertiary/aromatic N) is 4. The summed E-state index contributed by atoms with van der Waals surface area (Å²) in [6.07, 6.45) is 1.22. The molecule has 0 saturated carbocycles. The molecule has 0 amide bonds. The summed E-state index contributed by atoms with van der Waals surface area (Å²) in [5.41, 5.74) is 0.927. The Labute approximate surface area is 220 Å². The average molecular weight is 528 g/mol. The van der Waals surface area contributed by atoms with E-state index < -0.39 is 26.1 Å². The van der Waals surface area contributed by atoms with Crippen LogP contribution in [-0.4, -0.2) is 26.1 Å². The summed E-state index contributed by atoms with van der Waals surface area (Å²) in [6, 6.07) is 19.1. The number of benzene rings is 4. The average Bonchev–Trinajstić information content (AvgIpc) is 2.90. The van der Waals surface area contributed by atoms with E-state index in [-0.39, 0.29) is 34.1 Å². The number of anilines is 4. The molecule has 0 aliphatic carbocycles. The molecular formula is C26H20N6O7. The molecule has 0 heterocycles. The van der Waals surface area contributed by atoms with Crippen molar-refractivity contribution in [1.29, 1.82) is 0 Å². The fraction of sp³-hybridized carbons (Fsp3) is 0.0385. The lowest BCUT2D eigenvalue weighted by Crippen LogP contribution is -2.03. The predicted octanol–water partition coefficient (Wildman–Crippen LogP) is 6.66. The van der Waals surface area contributed by atoms with E-state index >= 15 is 0 Å². The maximum Gasteiger partial charge on any atom is 0.299 e. The third-order valence-corrected chi connectivity index (χ3v) is 5.58. The number of hydrogen-bond donors (Lipinski definition) is 3. The molecule has 196 valence electrons. The van der Waals surface area contributed by atoms with E-state index in [0.717, 1.165) is 23.8 Å². The molecule has 13 heteroatoms. The van der Waals surface area contributed by atoms with Crippen LogP contribution in [0, 0.1) is 37.3 Å². The van der Waals surface area contributed by atoms with Crippen LogP contribution < -0.4 is 10.6 Å². The van der Waals surface area contributed by atoms with Crippen molar-refractivity contribution < 1.29 is 19.9 Å². The second kappa shape index (κ2) is 11.0. The Morgan fingerprint density at radius 1 is 0.744 bits per heavy atom. The van der Waals surface area contributed by atoms with Crippen LogP contribution in [0.1, 0.15) is 11.1 Å². The van der Waals surface area contributed by atoms with Crippen molar-refractivity contribution in [2.75, 3.05) is 10.6 Å². The number of aryl methyl sites for hydroxylation is 1. The Kier molecular flexibility index (Phi) is 7.42. The third kappa shape index (κ3) is 6.11. The summed E-state index contributed by atoms with van der Waals surface area (Å²) < 4.78 is 0. The molecule has 0 unspecified atom stereocenters. The van der Waals surface area contributed by atoms with Gasteiger partial charge in [0.2, 0.25) is 0 Å². The molecule has 0 atom stereocenters. The molecule has 13 nitrogen and oxygen atoms in total. The van der Waals surface area contributed by atoms with Crippen molar-refractivity contribution in [3.05, 3.63) is 120 Å². The molecule has 0 aromatic heterocycles. The first-order valence-electron chi connectivity index (χ1n) is 11.3. The monoisotopic (exact) mass is 528 g/mol. The highest BCUT2D eigenvalue weighted by molar-refractivity contribution is 5.89. The Bertz CT molecular complexity index is 1620. The van der Waals surface area contributed by atoms with Gasteiger partial charge in [-0.1, -0.05) is 29.8 Å². The van der Waals surface area contributed by atoms with E-state index in [1.165, 1.54) is 18.3 Å². The highest BCUT2D eigenvalue weighted by Gasteiger charge is 2.25. The van der Waals surface area contributed by atoms with E-state index in [2.05, 4.69) is 15.6 Å². The Morgan fingerprint density at radius 2 is 1.38 bits per heavy atom. The van der Waals surface area contributed by atoms with Crippen molar-refractivity contribution in [2.24, 2.45) is 4.99 Å². The van der Waals surface area contributed by atoms with Gasteiger partial charge in [-0.25, -0.2) is 0 Å². The number of hydrogen-bond acceptors (Lipinski definition) is 10. The van der Waals surface area contributed by atoms with Crippen LogP contribution in [0.2, 0.25) is 0 Å². The number of aromatic hydroxyl groups is 1. The minimum Gasteiger partial charge on any atom is -0.507 e. The van der Waals surface area contributed by atoms with Crippen molar-refractivity contribution in [3.63, 3.8) is 0 Å². The number of phenolic OH excluding ortho intramolecular Hbond substituents is 1. The van der Waals surface area contributed by atoms with E-state index in [0.29, 0.717) is 11.4 Å². The molecule has 3 N–H and O–H groups in total. The molecule has 0 fully saturated rings. The van der Waals surface area contributed by atoms with E-state index in [1.54, 1.807) is 36.4 Å². The first-order valence-corrected chi connectivity index (χ1v) is 11.3. The zero-order valence-electron chi connectivity index (χ0n) is 20.3. The van der Waals surface area contributed by atoms with Gasteiger partial charge in [0.05, 0.1) is 32.2 Å². The topological polar surface area (TPSA) is 186 Å². The standard InChI is InChI=1S/C26H20N6O7/c1-16-6-8-18(9-7-16)28-22-13-23(25(32(38)39)14-24(22)31(36)37)29-21-5-3-2-4-20(21)27-15-17-12-19(30(34)35)10-11-26(17)33/h2-15,28-29,33H,1H3. The zero-order chi connectivity index (χ0) is 28.1. The van der Waals surface area contributed by atoms with Gasteiger partial charge >= 0.3 is 0 Å². The number of phenols is 1. The first kappa shape index (κ1) is 26.2. The van der Waals surface area contributed by atoms with Gasteiger partial charge in [0.1, 0.15) is 17.1 Å². The molecule has 0 radical (unpaired) electrons. The summed E-state index contributed by atoms with van der Waals surface area (Å²) >= 11 is 0. The SMILES string of the molecule is Cc1ccc(Nc2cc(Nc3ccccc3N=Cc3cc([N+](=O)[O-])ccc3O)c([N+](=O)[O-])cc2[N+](=O)[O-])cc1. The normalized spacial score (nSPS) is 10.8. The predicted molar refractivity (Wildman–Crippen MR) is 146 cm³/mol. The number of non-ortho nitro benzene ring substituents is 1. The molecule has 4 rings (SSSR count). The first-order chi connectivity index (χ1) is 18.6. The van der Waals surface area contributed by atoms with Gasteiger partial charge < -0.3 is 15.7 Å². The van der Waals surface area contributed by atoms with Crippen LogP contribution >= 0.6 is 0 Å². The number of aliphatic imine (C=N–C) groups is 1. The summed E-state index contributed by atoms with van der Waals surface area (Å²) in [4.78, 5) is 36.8. The van der Waals surface area contributed by atoms with Crippen LogP contribution in [0.15, 0.2) is 83.9 Å². The van der Waals surface area contributed by atoms with Crippen LogP contribution in [0.25, 0.3) is 0 Å². The summed E-state index contributed by atoms with van der Waals surface area (Å²) in [6.45, 7) is 1.89. The maximum atomic E-state index is 11.8. The number of para-hydroxylation sites is 2. The number of rotatable bonds is 9. The molecule has 4 aromatic rings. The lowest BCUT2D eigenvalue weighted by atomic mass is 10.1. The van der Waals surface area contributed by atoms with E-state index in [9.17, 15) is 35.4 Å². The van der Waals surface area contributed by atoms with Gasteiger partial charge in [0.15, 0.2) is 0 Å². The maximum absolute atomic E-state index is 11.8. The molecule has 0 aliphatic rings. The molecule has 0 saturated heterocycles. The second-order valence-corrected chi connectivity index (χ2v) is 8.29. The van der Waals surface area contributed by atoms with Gasteiger partial charge in [-0.2, -0.15) is 0 Å². The smallest absolute Gasteiger partial charge is 0.299 e. The highest BCUT2D eigenvalue weighted by Crippen LogP contribution is 2.40. The zero-order valence-corrected chi connectivity index (χ0v) is 20.3. The third-order valence-electron chi connectivity index (χ3n) is 5.58. The van der Waals surface area contributed by atoms with E-state index in [1.807, 2.05) is 19.1 Å². The minimum absolute atomic E-state index is 0.0273. The minimum atomic E-state index is -0.738. The second-order valence-electron chi connectivity index (χ2n) is 8.29. The van der Waals surface area contributed by atoms with Crippen LogP contribution in [0.3, 0.4) is 0 Å². The van der Waals surface area contributed by atoms with Crippen molar-refractivity contribution >= 4 is 51.7 Å². The summed E-state index contributed by atoms with van der Waals surface area (Å²) in [5.74, 6) is -0.229. The van der Waals surface area contributed by atoms with Crippen LogP contribution in [0.5, 0.6) is 5.75 Å². The fourth-order valence-corrected chi connectivity index (χ4v) is 3.61. The molecule has 0 bridgehead atoms. The highest BCUT2D eigenvalue weighted by atomic mass is 16.6. The summed E-state index contributed by atoms with van der Waals surface area (Å²) in [7, 11) is 0. The number of nitrogens with one attached hydrogen (secondary N) is 2. The molecule has 39 heavy (non-hydrogen) atoms. The van der Waals surface area contributed by atoms with Crippen molar-refractivity contribution in [2.45, 2.75) is 6.92 Å². The number of nitro groups is 3. The van der Waals surface area contributed by atoms with Crippen molar-refractivity contribution in [1.82, 2.24) is 0 Å². The van der Waals surface area contributed by atoms with Gasteiger partial charge in [0.25, 0.3) is 17.1 Å².